The van der Waals surface area contributed by atoms with Crippen molar-refractivity contribution in [3.8, 4) is 6.07 Å². The number of carbonyl (C=O) groups excluding carboxylic acids is 2. The number of nitriles is 1. The van der Waals surface area contributed by atoms with Gasteiger partial charge >= 0.3 is 5.97 Å². The standard InChI is InChI=1S/C25H26N2O4/c26-14-17-3-1-4-21(10-17)24(29)31-16-23(28)27(15-22-5-2-6-30-22)25-11-18-7-19(12-25)9-20(8-18)13-25/h1-6,10,18-20H,7-9,11-13,15-16H2. The number of carbonyl (C=O) groups is 2. The van der Waals surface area contributed by atoms with Crippen LogP contribution in [0.3, 0.4) is 0 Å². The number of esters is 1. The van der Waals surface area contributed by atoms with E-state index >= 15 is 0 Å². The summed E-state index contributed by atoms with van der Waals surface area (Å²) >= 11 is 0. The fraction of sp³-hybridized carbons (Fsp3) is 0.480. The van der Waals surface area contributed by atoms with Crippen molar-refractivity contribution in [1.82, 2.24) is 4.90 Å². The van der Waals surface area contributed by atoms with Crippen molar-refractivity contribution in [3.05, 3.63) is 59.5 Å². The van der Waals surface area contributed by atoms with Crippen LogP contribution in [0.15, 0.2) is 47.1 Å². The van der Waals surface area contributed by atoms with Gasteiger partial charge in [-0.05, 0) is 86.6 Å². The molecule has 31 heavy (non-hydrogen) atoms. The van der Waals surface area contributed by atoms with Crippen molar-refractivity contribution in [2.45, 2.75) is 50.6 Å². The largest absolute Gasteiger partial charge is 0.467 e. The topological polar surface area (TPSA) is 83.5 Å². The second kappa shape index (κ2) is 7.88. The van der Waals surface area contributed by atoms with Crippen molar-refractivity contribution in [2.24, 2.45) is 17.8 Å². The van der Waals surface area contributed by atoms with E-state index in [0.717, 1.165) is 25.0 Å². The van der Waals surface area contributed by atoms with Crippen LogP contribution >= 0.6 is 0 Å². The molecule has 1 amide bonds. The van der Waals surface area contributed by atoms with E-state index in [1.807, 2.05) is 23.1 Å². The third kappa shape index (κ3) is 3.85. The number of nitrogens with zero attached hydrogens (tertiary/aromatic N) is 2. The maximum Gasteiger partial charge on any atom is 0.338 e. The lowest BCUT2D eigenvalue weighted by molar-refractivity contribution is -0.156. The van der Waals surface area contributed by atoms with Gasteiger partial charge in [0.1, 0.15) is 5.76 Å². The Kier molecular flexibility index (Phi) is 5.05. The molecule has 4 saturated carbocycles. The van der Waals surface area contributed by atoms with Gasteiger partial charge < -0.3 is 14.1 Å². The highest BCUT2D eigenvalue weighted by Crippen LogP contribution is 2.58. The molecule has 0 aliphatic heterocycles. The molecule has 0 spiro atoms. The van der Waals surface area contributed by atoms with Gasteiger partial charge in [-0.3, -0.25) is 4.79 Å². The minimum atomic E-state index is -0.589. The van der Waals surface area contributed by atoms with Crippen LogP contribution in [0.5, 0.6) is 0 Å². The van der Waals surface area contributed by atoms with Crippen molar-refractivity contribution in [1.29, 1.82) is 5.26 Å². The van der Waals surface area contributed by atoms with E-state index in [1.54, 1.807) is 24.5 Å². The Morgan fingerprint density at radius 3 is 2.42 bits per heavy atom. The van der Waals surface area contributed by atoms with Gasteiger partial charge in [0.05, 0.1) is 30.0 Å². The first kappa shape index (κ1) is 19.9. The minimum absolute atomic E-state index is 0.161. The Bertz CT molecular complexity index is 985. The summed E-state index contributed by atoms with van der Waals surface area (Å²) in [5.41, 5.74) is 0.499. The number of amides is 1. The van der Waals surface area contributed by atoms with Crippen LogP contribution < -0.4 is 0 Å². The summed E-state index contributed by atoms with van der Waals surface area (Å²) < 4.78 is 10.9. The van der Waals surface area contributed by atoms with Crippen molar-refractivity contribution >= 4 is 11.9 Å². The van der Waals surface area contributed by atoms with E-state index in [-0.39, 0.29) is 23.6 Å². The zero-order valence-electron chi connectivity index (χ0n) is 17.5. The van der Waals surface area contributed by atoms with Gasteiger partial charge in [0, 0.05) is 5.54 Å². The van der Waals surface area contributed by atoms with E-state index in [9.17, 15) is 9.59 Å². The highest BCUT2D eigenvalue weighted by atomic mass is 16.5. The maximum absolute atomic E-state index is 13.4. The molecule has 2 aromatic rings. The molecule has 0 unspecified atom stereocenters. The summed E-state index contributed by atoms with van der Waals surface area (Å²) in [5, 5.41) is 9.04. The first-order chi connectivity index (χ1) is 15.0. The number of hydrogen-bond acceptors (Lipinski definition) is 5. The summed E-state index contributed by atoms with van der Waals surface area (Å²) in [6, 6.07) is 12.1. The molecule has 0 atom stereocenters. The molecule has 6 rings (SSSR count). The fourth-order valence-electron chi connectivity index (χ4n) is 6.48. The molecular weight excluding hydrogens is 392 g/mol. The van der Waals surface area contributed by atoms with Gasteiger partial charge in [-0.15, -0.1) is 0 Å². The molecule has 0 saturated heterocycles. The smallest absolute Gasteiger partial charge is 0.338 e. The van der Waals surface area contributed by atoms with Gasteiger partial charge in [0.2, 0.25) is 0 Å². The number of ether oxygens (including phenoxy) is 1. The Labute approximate surface area is 181 Å². The Morgan fingerprint density at radius 2 is 1.81 bits per heavy atom. The Hall–Kier alpha value is -3.07. The molecular formula is C25H26N2O4. The molecule has 6 nitrogen and oxygen atoms in total. The van der Waals surface area contributed by atoms with E-state index in [0.29, 0.717) is 29.9 Å². The third-order valence-electron chi connectivity index (χ3n) is 7.33. The predicted molar refractivity (Wildman–Crippen MR) is 112 cm³/mol. The average molecular weight is 418 g/mol. The van der Waals surface area contributed by atoms with Crippen LogP contribution in [0, 0.1) is 29.1 Å². The first-order valence-corrected chi connectivity index (χ1v) is 11.0. The lowest BCUT2D eigenvalue weighted by atomic mass is 9.52. The molecule has 4 fully saturated rings. The van der Waals surface area contributed by atoms with Crippen molar-refractivity contribution < 1.29 is 18.7 Å². The predicted octanol–water partition coefficient (Wildman–Crippen LogP) is 4.31. The third-order valence-corrected chi connectivity index (χ3v) is 7.33. The summed E-state index contributed by atoms with van der Waals surface area (Å²) in [6.45, 7) is 0.0948. The molecule has 4 bridgehead atoms. The Morgan fingerprint density at radius 1 is 1.10 bits per heavy atom. The second-order valence-electron chi connectivity index (χ2n) is 9.47. The second-order valence-corrected chi connectivity index (χ2v) is 9.47. The molecule has 1 aromatic heterocycles. The zero-order valence-corrected chi connectivity index (χ0v) is 17.5. The summed E-state index contributed by atoms with van der Waals surface area (Å²) in [5.74, 6) is 2.05. The van der Waals surface area contributed by atoms with Crippen LogP contribution in [0.1, 0.15) is 60.2 Å². The highest BCUT2D eigenvalue weighted by Gasteiger charge is 2.54. The number of furan rings is 1. The van der Waals surface area contributed by atoms with E-state index in [4.69, 9.17) is 14.4 Å². The van der Waals surface area contributed by atoms with E-state index in [1.165, 1.54) is 25.3 Å². The highest BCUT2D eigenvalue weighted by molar-refractivity contribution is 5.91. The molecule has 0 N–H and O–H groups in total. The monoisotopic (exact) mass is 418 g/mol. The molecule has 160 valence electrons. The van der Waals surface area contributed by atoms with Gasteiger partial charge in [-0.1, -0.05) is 6.07 Å². The molecule has 4 aliphatic carbocycles. The van der Waals surface area contributed by atoms with Gasteiger partial charge in [-0.25, -0.2) is 4.79 Å². The molecule has 4 aliphatic rings. The van der Waals surface area contributed by atoms with Gasteiger partial charge in [-0.2, -0.15) is 5.26 Å². The van der Waals surface area contributed by atoms with Crippen LogP contribution in [-0.4, -0.2) is 28.9 Å². The Balaban J connectivity index is 1.34. The summed E-state index contributed by atoms with van der Waals surface area (Å²) in [4.78, 5) is 27.8. The maximum atomic E-state index is 13.4. The molecule has 1 aromatic carbocycles. The SMILES string of the molecule is N#Cc1cccc(C(=O)OCC(=O)N(Cc2ccco2)C23CC4CC(CC(C4)C2)C3)c1. The van der Waals surface area contributed by atoms with Crippen molar-refractivity contribution in [2.75, 3.05) is 6.61 Å². The first-order valence-electron chi connectivity index (χ1n) is 11.0. The zero-order chi connectivity index (χ0) is 21.4. The summed E-state index contributed by atoms with van der Waals surface area (Å²) in [7, 11) is 0. The molecule has 0 radical (unpaired) electrons. The van der Waals surface area contributed by atoms with Crippen molar-refractivity contribution in [3.63, 3.8) is 0 Å². The van der Waals surface area contributed by atoms with E-state index < -0.39 is 5.97 Å². The lowest BCUT2D eigenvalue weighted by Gasteiger charge is -2.60. The van der Waals surface area contributed by atoms with E-state index in [2.05, 4.69) is 0 Å². The molecule has 6 heteroatoms. The van der Waals surface area contributed by atoms with Gasteiger partial charge in [0.15, 0.2) is 6.61 Å². The number of benzene rings is 1. The molecule has 1 heterocycles. The number of rotatable bonds is 6. The minimum Gasteiger partial charge on any atom is -0.467 e. The van der Waals surface area contributed by atoms with Crippen LogP contribution in [0.4, 0.5) is 0 Å². The van der Waals surface area contributed by atoms with Crippen LogP contribution in [-0.2, 0) is 16.1 Å². The lowest BCUT2D eigenvalue weighted by Crippen LogP contribution is -2.61. The van der Waals surface area contributed by atoms with Crippen LogP contribution in [0.2, 0.25) is 0 Å². The summed E-state index contributed by atoms with van der Waals surface area (Å²) in [6.07, 6.45) is 8.57. The van der Waals surface area contributed by atoms with Crippen LogP contribution in [0.25, 0.3) is 0 Å². The average Bonchev–Trinajstić information content (AvgIpc) is 3.28. The normalized spacial score (nSPS) is 28.2. The quantitative estimate of drug-likeness (QED) is 0.653. The number of hydrogen-bond donors (Lipinski definition) is 0. The van der Waals surface area contributed by atoms with Gasteiger partial charge in [0.25, 0.3) is 5.91 Å². The fourth-order valence-corrected chi connectivity index (χ4v) is 6.48.